The maximum absolute atomic E-state index is 12.5. The Morgan fingerprint density at radius 2 is 1.72 bits per heavy atom. The van der Waals surface area contributed by atoms with Crippen LogP contribution in [0.25, 0.3) is 0 Å². The molecule has 2 rings (SSSR count). The Hall–Kier alpha value is -1.81. The SMILES string of the molecule is Cc1ccc(S(=O)(=O)c2cccc(N)c2)c(C)c1. The number of hydrogen-bond donors (Lipinski definition) is 1. The van der Waals surface area contributed by atoms with E-state index in [-0.39, 0.29) is 4.90 Å². The fourth-order valence-corrected chi connectivity index (χ4v) is 3.44. The number of sulfone groups is 1. The van der Waals surface area contributed by atoms with Gasteiger partial charge in [-0.3, -0.25) is 0 Å². The minimum Gasteiger partial charge on any atom is -0.399 e. The number of nitrogen functional groups attached to an aromatic ring is 1. The fourth-order valence-electron chi connectivity index (χ4n) is 1.91. The first-order chi connectivity index (χ1) is 8.41. The van der Waals surface area contributed by atoms with Crippen LogP contribution in [-0.2, 0) is 9.84 Å². The van der Waals surface area contributed by atoms with Crippen LogP contribution in [0.2, 0.25) is 0 Å². The molecule has 18 heavy (non-hydrogen) atoms. The first-order valence-electron chi connectivity index (χ1n) is 5.59. The zero-order valence-corrected chi connectivity index (χ0v) is 11.2. The summed E-state index contributed by atoms with van der Waals surface area (Å²) in [7, 11) is -3.49. The van der Waals surface area contributed by atoms with Gasteiger partial charge in [-0.2, -0.15) is 0 Å². The molecule has 4 heteroatoms. The Balaban J connectivity index is 2.62. The third kappa shape index (κ3) is 2.24. The predicted octanol–water partition coefficient (Wildman–Crippen LogP) is 2.72. The van der Waals surface area contributed by atoms with Crippen molar-refractivity contribution in [2.75, 3.05) is 5.73 Å². The van der Waals surface area contributed by atoms with E-state index in [1.54, 1.807) is 37.3 Å². The van der Waals surface area contributed by atoms with Crippen molar-refractivity contribution in [2.45, 2.75) is 23.6 Å². The molecule has 0 amide bonds. The van der Waals surface area contributed by atoms with Crippen LogP contribution in [0, 0.1) is 13.8 Å². The van der Waals surface area contributed by atoms with Crippen molar-refractivity contribution in [2.24, 2.45) is 0 Å². The summed E-state index contributed by atoms with van der Waals surface area (Å²) in [4.78, 5) is 0.563. The standard InChI is InChI=1S/C14H15NO2S/c1-10-6-7-14(11(2)8-10)18(16,17)13-5-3-4-12(15)9-13/h3-9H,15H2,1-2H3. The first kappa shape index (κ1) is 12.6. The van der Waals surface area contributed by atoms with Gasteiger partial charge in [-0.25, -0.2) is 8.42 Å². The second-order valence-corrected chi connectivity index (χ2v) is 6.26. The van der Waals surface area contributed by atoms with Gasteiger partial charge in [0.2, 0.25) is 9.84 Å². The number of anilines is 1. The Kier molecular flexibility index (Phi) is 3.13. The molecule has 0 unspecified atom stereocenters. The Labute approximate surface area is 107 Å². The largest absolute Gasteiger partial charge is 0.399 e. The highest BCUT2D eigenvalue weighted by atomic mass is 32.2. The summed E-state index contributed by atoms with van der Waals surface area (Å²) in [5, 5.41) is 0. The summed E-state index contributed by atoms with van der Waals surface area (Å²) >= 11 is 0. The highest BCUT2D eigenvalue weighted by molar-refractivity contribution is 7.91. The molecule has 3 nitrogen and oxygen atoms in total. The molecule has 2 aromatic carbocycles. The number of nitrogens with two attached hydrogens (primary N) is 1. The van der Waals surface area contributed by atoms with Gasteiger partial charge in [0.1, 0.15) is 0 Å². The van der Waals surface area contributed by atoms with Gasteiger partial charge in [0.15, 0.2) is 0 Å². The van der Waals surface area contributed by atoms with Gasteiger partial charge in [0, 0.05) is 5.69 Å². The Morgan fingerprint density at radius 3 is 2.33 bits per heavy atom. The van der Waals surface area contributed by atoms with Crippen LogP contribution in [0.15, 0.2) is 52.3 Å². The van der Waals surface area contributed by atoms with E-state index in [1.165, 1.54) is 6.07 Å². The van der Waals surface area contributed by atoms with Gasteiger partial charge in [0.25, 0.3) is 0 Å². The van der Waals surface area contributed by atoms with E-state index >= 15 is 0 Å². The molecule has 0 saturated carbocycles. The van der Waals surface area contributed by atoms with Crippen LogP contribution >= 0.6 is 0 Å². The minimum atomic E-state index is -3.49. The first-order valence-corrected chi connectivity index (χ1v) is 7.07. The van der Waals surface area contributed by atoms with Crippen molar-refractivity contribution in [3.63, 3.8) is 0 Å². The van der Waals surface area contributed by atoms with E-state index in [0.29, 0.717) is 10.6 Å². The number of hydrogen-bond acceptors (Lipinski definition) is 3. The quantitative estimate of drug-likeness (QED) is 0.845. The average molecular weight is 261 g/mol. The molecule has 0 fully saturated rings. The van der Waals surface area contributed by atoms with E-state index in [4.69, 9.17) is 5.73 Å². The molecule has 94 valence electrons. The molecule has 0 heterocycles. The minimum absolute atomic E-state index is 0.231. The summed E-state index contributed by atoms with van der Waals surface area (Å²) in [6.07, 6.45) is 0. The number of rotatable bonds is 2. The monoisotopic (exact) mass is 261 g/mol. The maximum Gasteiger partial charge on any atom is 0.206 e. The summed E-state index contributed by atoms with van der Waals surface area (Å²) in [6, 6.07) is 11.7. The average Bonchev–Trinajstić information content (AvgIpc) is 2.28. The van der Waals surface area contributed by atoms with Gasteiger partial charge < -0.3 is 5.73 Å². The van der Waals surface area contributed by atoms with Gasteiger partial charge in [0.05, 0.1) is 9.79 Å². The van der Waals surface area contributed by atoms with Crippen molar-refractivity contribution in [1.29, 1.82) is 0 Å². The Morgan fingerprint density at radius 1 is 1.00 bits per heavy atom. The van der Waals surface area contributed by atoms with Gasteiger partial charge in [-0.05, 0) is 43.7 Å². The van der Waals surface area contributed by atoms with E-state index in [2.05, 4.69) is 0 Å². The lowest BCUT2D eigenvalue weighted by Gasteiger charge is -2.09. The lowest BCUT2D eigenvalue weighted by atomic mass is 10.2. The van der Waals surface area contributed by atoms with Crippen LogP contribution in [0.5, 0.6) is 0 Å². The summed E-state index contributed by atoms with van der Waals surface area (Å²) < 4.78 is 24.9. The molecule has 2 N–H and O–H groups in total. The zero-order valence-electron chi connectivity index (χ0n) is 10.3. The topological polar surface area (TPSA) is 60.2 Å². The molecule has 0 aromatic heterocycles. The highest BCUT2D eigenvalue weighted by Crippen LogP contribution is 2.25. The van der Waals surface area contributed by atoms with Crippen LogP contribution in [0.3, 0.4) is 0 Å². The second kappa shape index (κ2) is 4.46. The van der Waals surface area contributed by atoms with Crippen LogP contribution in [0.1, 0.15) is 11.1 Å². The van der Waals surface area contributed by atoms with Gasteiger partial charge >= 0.3 is 0 Å². The van der Waals surface area contributed by atoms with Crippen molar-refractivity contribution in [1.82, 2.24) is 0 Å². The molecule has 0 bridgehead atoms. The van der Waals surface area contributed by atoms with Crippen LogP contribution < -0.4 is 5.73 Å². The molecule has 0 spiro atoms. The highest BCUT2D eigenvalue weighted by Gasteiger charge is 2.19. The van der Waals surface area contributed by atoms with Crippen LogP contribution in [-0.4, -0.2) is 8.42 Å². The van der Waals surface area contributed by atoms with Gasteiger partial charge in [-0.1, -0.05) is 23.8 Å². The molecular weight excluding hydrogens is 246 g/mol. The van der Waals surface area contributed by atoms with E-state index < -0.39 is 9.84 Å². The van der Waals surface area contributed by atoms with E-state index in [1.807, 2.05) is 13.0 Å². The maximum atomic E-state index is 12.5. The third-order valence-corrected chi connectivity index (χ3v) is 4.70. The lowest BCUT2D eigenvalue weighted by Crippen LogP contribution is -2.04. The number of benzene rings is 2. The van der Waals surface area contributed by atoms with Crippen LogP contribution in [0.4, 0.5) is 5.69 Å². The fraction of sp³-hybridized carbons (Fsp3) is 0.143. The summed E-state index contributed by atoms with van der Waals surface area (Å²) in [5.74, 6) is 0. The predicted molar refractivity (Wildman–Crippen MR) is 72.2 cm³/mol. The molecule has 2 aromatic rings. The smallest absolute Gasteiger partial charge is 0.206 e. The molecule has 0 aliphatic carbocycles. The van der Waals surface area contributed by atoms with Crippen molar-refractivity contribution in [3.05, 3.63) is 53.6 Å². The van der Waals surface area contributed by atoms with E-state index in [9.17, 15) is 8.42 Å². The third-order valence-electron chi connectivity index (χ3n) is 2.79. The van der Waals surface area contributed by atoms with Crippen molar-refractivity contribution in [3.8, 4) is 0 Å². The summed E-state index contributed by atoms with van der Waals surface area (Å²) in [6.45, 7) is 3.73. The van der Waals surface area contributed by atoms with Gasteiger partial charge in [-0.15, -0.1) is 0 Å². The molecular formula is C14H15NO2S. The van der Waals surface area contributed by atoms with E-state index in [0.717, 1.165) is 11.1 Å². The lowest BCUT2D eigenvalue weighted by molar-refractivity contribution is 0.595. The van der Waals surface area contributed by atoms with Crippen molar-refractivity contribution < 1.29 is 8.42 Å². The van der Waals surface area contributed by atoms with Crippen molar-refractivity contribution >= 4 is 15.5 Å². The molecule has 0 aliphatic rings. The molecule has 0 aliphatic heterocycles. The molecule has 0 saturated heterocycles. The Bertz CT molecular complexity index is 691. The molecule has 0 radical (unpaired) electrons. The zero-order chi connectivity index (χ0) is 13.3. The number of aryl methyl sites for hydroxylation is 2. The molecule has 0 atom stereocenters. The second-order valence-electron chi connectivity index (χ2n) is 4.34. The summed E-state index contributed by atoms with van der Waals surface area (Å²) in [5.41, 5.74) is 7.86. The normalized spacial score (nSPS) is 11.4.